The Morgan fingerprint density at radius 3 is 2.45 bits per heavy atom. The second-order valence-corrected chi connectivity index (χ2v) is 8.62. The molecule has 1 amide bonds. The molecular formula is C23H32N2O6. The molecule has 31 heavy (non-hydrogen) atoms. The van der Waals surface area contributed by atoms with Gasteiger partial charge in [0.25, 0.3) is 5.91 Å². The first-order valence-corrected chi connectivity index (χ1v) is 10.5. The highest BCUT2D eigenvalue weighted by Gasteiger charge is 2.37. The van der Waals surface area contributed by atoms with Crippen molar-refractivity contribution >= 4 is 29.1 Å². The van der Waals surface area contributed by atoms with Gasteiger partial charge in [-0.25, -0.2) is 4.79 Å². The Morgan fingerprint density at radius 1 is 1.23 bits per heavy atom. The Balaban J connectivity index is 2.27. The lowest BCUT2D eigenvalue weighted by Crippen LogP contribution is -2.40. The van der Waals surface area contributed by atoms with Crippen molar-refractivity contribution in [1.29, 1.82) is 0 Å². The SMILES string of the molecule is CCC(=O)CCC(C(C)=O)N1Cc2c(OCC(=O)OC(C)(C)C)cc(NC)cc2C1=O. The summed E-state index contributed by atoms with van der Waals surface area (Å²) in [6.07, 6.45) is 0.923. The third-order valence-electron chi connectivity index (χ3n) is 5.02. The van der Waals surface area contributed by atoms with E-state index in [4.69, 9.17) is 9.47 Å². The zero-order chi connectivity index (χ0) is 23.3. The number of nitrogens with zero attached hydrogens (tertiary/aromatic N) is 1. The van der Waals surface area contributed by atoms with Crippen LogP contribution in [0.1, 0.15) is 69.8 Å². The molecule has 0 radical (unpaired) electrons. The molecule has 1 aromatic carbocycles. The molecule has 170 valence electrons. The molecule has 1 atom stereocenters. The molecule has 0 spiro atoms. The van der Waals surface area contributed by atoms with Gasteiger partial charge in [0.05, 0.1) is 18.2 Å². The van der Waals surface area contributed by atoms with Crippen LogP contribution in [0.5, 0.6) is 5.75 Å². The predicted molar refractivity (Wildman–Crippen MR) is 116 cm³/mol. The Kier molecular flexibility index (Phi) is 7.81. The molecule has 1 unspecified atom stereocenters. The zero-order valence-corrected chi connectivity index (χ0v) is 19.2. The monoisotopic (exact) mass is 432 g/mol. The fraction of sp³-hybridized carbons (Fsp3) is 0.565. The number of benzene rings is 1. The first kappa shape index (κ1) is 24.4. The van der Waals surface area contributed by atoms with Crippen LogP contribution in [0.3, 0.4) is 0 Å². The molecule has 8 nitrogen and oxygen atoms in total. The summed E-state index contributed by atoms with van der Waals surface area (Å²) in [7, 11) is 1.71. The third-order valence-corrected chi connectivity index (χ3v) is 5.02. The minimum Gasteiger partial charge on any atom is -0.481 e. The van der Waals surface area contributed by atoms with Crippen molar-refractivity contribution in [2.75, 3.05) is 19.0 Å². The van der Waals surface area contributed by atoms with E-state index in [1.165, 1.54) is 11.8 Å². The van der Waals surface area contributed by atoms with E-state index in [0.29, 0.717) is 29.0 Å². The van der Waals surface area contributed by atoms with Crippen LogP contribution in [0.15, 0.2) is 12.1 Å². The summed E-state index contributed by atoms with van der Waals surface area (Å²) < 4.78 is 11.0. The zero-order valence-electron chi connectivity index (χ0n) is 19.2. The molecule has 0 fully saturated rings. The number of esters is 1. The van der Waals surface area contributed by atoms with Crippen LogP contribution < -0.4 is 10.1 Å². The molecule has 0 bridgehead atoms. The Morgan fingerprint density at radius 2 is 1.90 bits per heavy atom. The van der Waals surface area contributed by atoms with Gasteiger partial charge in [0, 0.05) is 37.2 Å². The van der Waals surface area contributed by atoms with Gasteiger partial charge in [-0.1, -0.05) is 6.92 Å². The first-order valence-electron chi connectivity index (χ1n) is 10.5. The minimum atomic E-state index is -0.688. The number of hydrogen-bond donors (Lipinski definition) is 1. The van der Waals surface area contributed by atoms with Crippen molar-refractivity contribution in [2.45, 2.75) is 72.1 Å². The number of ether oxygens (including phenoxy) is 2. The average molecular weight is 433 g/mol. The van der Waals surface area contributed by atoms with Crippen LogP contribution in [0.2, 0.25) is 0 Å². The highest BCUT2D eigenvalue weighted by atomic mass is 16.6. The van der Waals surface area contributed by atoms with E-state index < -0.39 is 17.6 Å². The number of Topliss-reactive ketones (excluding diaryl/α,β-unsaturated/α-hetero) is 2. The molecular weight excluding hydrogens is 400 g/mol. The molecule has 0 aromatic heterocycles. The molecule has 1 N–H and O–H groups in total. The van der Waals surface area contributed by atoms with Crippen LogP contribution in [0.4, 0.5) is 5.69 Å². The highest BCUT2D eigenvalue weighted by molar-refractivity contribution is 6.02. The smallest absolute Gasteiger partial charge is 0.344 e. The van der Waals surface area contributed by atoms with Crippen molar-refractivity contribution in [3.63, 3.8) is 0 Å². The number of carbonyl (C=O) groups is 4. The summed E-state index contributed by atoms with van der Waals surface area (Å²) >= 11 is 0. The lowest BCUT2D eigenvalue weighted by Gasteiger charge is -2.25. The summed E-state index contributed by atoms with van der Waals surface area (Å²) in [5, 5.41) is 2.98. The summed E-state index contributed by atoms with van der Waals surface area (Å²) in [4.78, 5) is 50.7. The number of rotatable bonds is 10. The lowest BCUT2D eigenvalue weighted by molar-refractivity contribution is -0.157. The molecule has 2 rings (SSSR count). The van der Waals surface area contributed by atoms with Gasteiger partial charge < -0.3 is 19.7 Å². The lowest BCUT2D eigenvalue weighted by atomic mass is 10.0. The predicted octanol–water partition coefficient (Wildman–Crippen LogP) is 3.12. The van der Waals surface area contributed by atoms with Crippen LogP contribution in [-0.4, -0.2) is 53.6 Å². The molecule has 1 aliphatic rings. The number of hydrogen-bond acceptors (Lipinski definition) is 7. The van der Waals surface area contributed by atoms with Crippen LogP contribution in [0.25, 0.3) is 0 Å². The quantitative estimate of drug-likeness (QED) is 0.567. The molecule has 8 heteroatoms. The summed E-state index contributed by atoms with van der Waals surface area (Å²) in [5.74, 6) is -0.546. The van der Waals surface area contributed by atoms with Crippen molar-refractivity contribution in [1.82, 2.24) is 4.90 Å². The maximum absolute atomic E-state index is 13.1. The van der Waals surface area contributed by atoms with E-state index in [9.17, 15) is 19.2 Å². The van der Waals surface area contributed by atoms with E-state index in [0.717, 1.165) is 0 Å². The van der Waals surface area contributed by atoms with Crippen molar-refractivity contribution in [3.05, 3.63) is 23.3 Å². The van der Waals surface area contributed by atoms with Crippen molar-refractivity contribution in [2.24, 2.45) is 0 Å². The molecule has 0 saturated heterocycles. The number of ketones is 2. The van der Waals surface area contributed by atoms with Gasteiger partial charge >= 0.3 is 5.97 Å². The summed E-state index contributed by atoms with van der Waals surface area (Å²) in [5.41, 5.74) is 1.04. The first-order chi connectivity index (χ1) is 14.5. The second kappa shape index (κ2) is 9.94. The second-order valence-electron chi connectivity index (χ2n) is 8.62. The fourth-order valence-corrected chi connectivity index (χ4v) is 3.48. The molecule has 0 saturated carbocycles. The van der Waals surface area contributed by atoms with Gasteiger partial charge in [0.15, 0.2) is 12.4 Å². The van der Waals surface area contributed by atoms with Gasteiger partial charge in [-0.2, -0.15) is 0 Å². The van der Waals surface area contributed by atoms with Gasteiger partial charge in [-0.15, -0.1) is 0 Å². The molecule has 1 aliphatic heterocycles. The number of amides is 1. The van der Waals surface area contributed by atoms with E-state index in [1.807, 2.05) is 0 Å². The van der Waals surface area contributed by atoms with Crippen LogP contribution >= 0.6 is 0 Å². The fourth-order valence-electron chi connectivity index (χ4n) is 3.48. The van der Waals surface area contributed by atoms with Gasteiger partial charge in [0.1, 0.15) is 17.1 Å². The topological polar surface area (TPSA) is 102 Å². The minimum absolute atomic E-state index is 0.0502. The Labute approximate surface area is 183 Å². The highest BCUT2D eigenvalue weighted by Crippen LogP contribution is 2.36. The Hall–Kier alpha value is -2.90. The molecule has 0 aliphatic carbocycles. The number of fused-ring (bicyclic) bond motifs is 1. The van der Waals surface area contributed by atoms with E-state index in [1.54, 1.807) is 46.9 Å². The van der Waals surface area contributed by atoms with Gasteiger partial charge in [-0.05, 0) is 40.2 Å². The molecule has 1 heterocycles. The Bertz CT molecular complexity index is 872. The third kappa shape index (κ3) is 6.29. The standard InChI is InChI=1S/C23H32N2O6/c1-7-16(27)8-9-19(14(2)26)25-12-18-17(22(25)29)10-15(24-6)11-20(18)30-13-21(28)31-23(3,4)5/h10-11,19,24H,7-9,12-13H2,1-6H3. The van der Waals surface area contributed by atoms with Crippen LogP contribution in [-0.2, 0) is 25.7 Å². The van der Waals surface area contributed by atoms with E-state index in [-0.39, 0.29) is 43.5 Å². The van der Waals surface area contributed by atoms with E-state index in [2.05, 4.69) is 5.32 Å². The number of carbonyl (C=O) groups excluding carboxylic acids is 4. The molecule has 1 aromatic rings. The van der Waals surface area contributed by atoms with Crippen molar-refractivity contribution in [3.8, 4) is 5.75 Å². The maximum Gasteiger partial charge on any atom is 0.344 e. The number of anilines is 1. The summed E-state index contributed by atoms with van der Waals surface area (Å²) in [6.45, 7) is 8.38. The average Bonchev–Trinajstić information content (AvgIpc) is 3.01. The summed E-state index contributed by atoms with van der Waals surface area (Å²) in [6, 6.07) is 2.72. The largest absolute Gasteiger partial charge is 0.481 e. The normalized spacial score (nSPS) is 14.1. The van der Waals surface area contributed by atoms with E-state index >= 15 is 0 Å². The number of nitrogens with one attached hydrogen (secondary N) is 1. The van der Waals surface area contributed by atoms with Gasteiger partial charge in [-0.3, -0.25) is 14.4 Å². The maximum atomic E-state index is 13.1. The van der Waals surface area contributed by atoms with Crippen molar-refractivity contribution < 1.29 is 28.7 Å². The van der Waals surface area contributed by atoms with Gasteiger partial charge in [0.2, 0.25) is 0 Å². The van der Waals surface area contributed by atoms with Crippen LogP contribution in [0, 0.1) is 0 Å².